The first kappa shape index (κ1) is 30.7. The number of rotatable bonds is 10. The van der Waals surface area contributed by atoms with E-state index >= 15 is 0 Å². The van der Waals surface area contributed by atoms with Crippen molar-refractivity contribution in [2.45, 2.75) is 137 Å². The van der Waals surface area contributed by atoms with Crippen LogP contribution >= 0.6 is 0 Å². The van der Waals surface area contributed by atoms with Crippen molar-refractivity contribution in [3.8, 4) is 0 Å². The summed E-state index contributed by atoms with van der Waals surface area (Å²) in [5.74, 6) is 6.04. The first-order chi connectivity index (χ1) is 19.5. The Labute approximate surface area is 251 Å². The van der Waals surface area contributed by atoms with E-state index in [0.29, 0.717) is 34.5 Å². The molecule has 1 aromatic carbocycles. The first-order valence-corrected chi connectivity index (χ1v) is 17.3. The molecular formula is C37H60N2O2. The molecule has 230 valence electrons. The molecule has 0 bridgehead atoms. The fourth-order valence-electron chi connectivity index (χ4n) is 10.9. The van der Waals surface area contributed by atoms with Gasteiger partial charge in [0.25, 0.3) is 0 Å². The Balaban J connectivity index is 1.13. The molecule has 4 aliphatic carbocycles. The molecule has 4 fully saturated rings. The Kier molecular flexibility index (Phi) is 9.36. The van der Waals surface area contributed by atoms with Gasteiger partial charge in [0.05, 0.1) is 0 Å². The molecule has 4 heteroatoms. The minimum Gasteiger partial charge on any atom is -0.462 e. The van der Waals surface area contributed by atoms with Crippen LogP contribution in [-0.4, -0.2) is 12.1 Å². The zero-order valence-corrected chi connectivity index (χ0v) is 26.9. The molecule has 4 aliphatic rings. The molecule has 0 aromatic heterocycles. The third-order valence-corrected chi connectivity index (χ3v) is 13.0. The number of nitrogen functional groups attached to an aromatic ring is 2. The van der Waals surface area contributed by atoms with Crippen LogP contribution in [0.1, 0.15) is 130 Å². The molecular weight excluding hydrogens is 504 g/mol. The van der Waals surface area contributed by atoms with Gasteiger partial charge in [-0.1, -0.05) is 53.9 Å². The van der Waals surface area contributed by atoms with Gasteiger partial charge in [0.2, 0.25) is 0 Å². The van der Waals surface area contributed by atoms with Crippen LogP contribution in [0, 0.1) is 52.3 Å². The molecule has 0 amide bonds. The molecule has 1 aromatic rings. The summed E-state index contributed by atoms with van der Waals surface area (Å²) < 4.78 is 6.09. The number of anilines is 2. The highest BCUT2D eigenvalue weighted by atomic mass is 16.5. The maximum atomic E-state index is 12.8. The number of nitrogens with two attached hydrogens (primary N) is 2. The third kappa shape index (κ3) is 6.47. The number of carbonyl (C=O) groups is 1. The van der Waals surface area contributed by atoms with E-state index in [1.807, 2.05) is 12.1 Å². The molecule has 0 heterocycles. The van der Waals surface area contributed by atoms with Crippen LogP contribution in [0.5, 0.6) is 0 Å². The van der Waals surface area contributed by atoms with E-state index in [9.17, 15) is 4.79 Å². The summed E-state index contributed by atoms with van der Waals surface area (Å²) in [5, 5.41) is 0. The van der Waals surface area contributed by atoms with E-state index in [4.69, 9.17) is 16.2 Å². The van der Waals surface area contributed by atoms with Gasteiger partial charge in [0.15, 0.2) is 0 Å². The zero-order chi connectivity index (χ0) is 29.4. The predicted molar refractivity (Wildman–Crippen MR) is 171 cm³/mol. The molecule has 4 saturated carbocycles. The number of benzene rings is 1. The normalized spacial score (nSPS) is 37.2. The summed E-state index contributed by atoms with van der Waals surface area (Å²) in [5.41, 5.74) is 15.3. The van der Waals surface area contributed by atoms with Crippen molar-refractivity contribution >= 4 is 17.3 Å². The molecule has 41 heavy (non-hydrogen) atoms. The number of fused-ring (bicyclic) bond motifs is 5. The largest absolute Gasteiger partial charge is 0.462 e. The zero-order valence-electron chi connectivity index (χ0n) is 26.9. The van der Waals surface area contributed by atoms with Gasteiger partial charge >= 0.3 is 5.97 Å². The van der Waals surface area contributed by atoms with Crippen LogP contribution in [0.25, 0.3) is 0 Å². The molecule has 0 aliphatic heterocycles. The topological polar surface area (TPSA) is 78.3 Å². The SMILES string of the molecule is CC(C)CCCC(C)C1CCC2C3CCC4CC(OC(=O)CCCc5cc(N)cc(N)c5)CCC4(C)C3CCC12C. The average molecular weight is 565 g/mol. The van der Waals surface area contributed by atoms with Crippen LogP contribution in [0.2, 0.25) is 0 Å². The van der Waals surface area contributed by atoms with Gasteiger partial charge < -0.3 is 16.2 Å². The minimum absolute atomic E-state index is 0.0305. The Morgan fingerprint density at radius 1 is 0.878 bits per heavy atom. The standard InChI is InChI=1S/C37H60N2O2/c1-24(2)8-6-9-25(3)32-14-15-33-31-13-12-27-22-30(16-18-36(27,4)34(31)17-19-37(32,33)5)41-35(40)11-7-10-26-20-28(38)23-29(39)21-26/h20-21,23-25,27,30-34H,6-19,22,38-39H2,1-5H3. The smallest absolute Gasteiger partial charge is 0.306 e. The van der Waals surface area contributed by atoms with Crippen molar-refractivity contribution in [2.75, 3.05) is 11.5 Å². The summed E-state index contributed by atoms with van der Waals surface area (Å²) in [7, 11) is 0. The highest BCUT2D eigenvalue weighted by Crippen LogP contribution is 2.68. The van der Waals surface area contributed by atoms with E-state index in [1.165, 1.54) is 64.2 Å². The lowest BCUT2D eigenvalue weighted by atomic mass is 9.44. The van der Waals surface area contributed by atoms with Gasteiger partial charge in [-0.25, -0.2) is 0 Å². The number of ether oxygens (including phenoxy) is 1. The van der Waals surface area contributed by atoms with Gasteiger partial charge in [0.1, 0.15) is 6.10 Å². The van der Waals surface area contributed by atoms with Crippen LogP contribution in [0.15, 0.2) is 18.2 Å². The fourth-order valence-corrected chi connectivity index (χ4v) is 10.9. The van der Waals surface area contributed by atoms with Crippen LogP contribution in [-0.2, 0) is 16.0 Å². The van der Waals surface area contributed by atoms with Crippen molar-refractivity contribution in [1.82, 2.24) is 0 Å². The van der Waals surface area contributed by atoms with E-state index in [-0.39, 0.29) is 12.1 Å². The van der Waals surface area contributed by atoms with Crippen LogP contribution < -0.4 is 11.5 Å². The average Bonchev–Trinajstić information content (AvgIpc) is 3.25. The Morgan fingerprint density at radius 3 is 2.32 bits per heavy atom. The quantitative estimate of drug-likeness (QED) is 0.219. The van der Waals surface area contributed by atoms with E-state index in [2.05, 4.69) is 34.6 Å². The van der Waals surface area contributed by atoms with Gasteiger partial charge in [-0.3, -0.25) is 4.79 Å². The van der Waals surface area contributed by atoms with Gasteiger partial charge in [-0.15, -0.1) is 0 Å². The molecule has 0 spiro atoms. The number of hydrogen-bond donors (Lipinski definition) is 2. The molecule has 9 atom stereocenters. The Morgan fingerprint density at radius 2 is 1.59 bits per heavy atom. The Bertz CT molecular complexity index is 1030. The number of esters is 1. The van der Waals surface area contributed by atoms with Crippen molar-refractivity contribution in [3.05, 3.63) is 23.8 Å². The van der Waals surface area contributed by atoms with Crippen LogP contribution in [0.4, 0.5) is 11.4 Å². The highest BCUT2D eigenvalue weighted by Gasteiger charge is 2.60. The van der Waals surface area contributed by atoms with Crippen molar-refractivity contribution < 1.29 is 9.53 Å². The lowest BCUT2D eigenvalue weighted by Gasteiger charge is -2.61. The summed E-state index contributed by atoms with van der Waals surface area (Å²) in [6.45, 7) is 12.7. The van der Waals surface area contributed by atoms with Crippen molar-refractivity contribution in [3.63, 3.8) is 0 Å². The maximum absolute atomic E-state index is 12.8. The molecule has 9 unspecified atom stereocenters. The second-order valence-electron chi connectivity index (χ2n) is 15.9. The molecule has 4 nitrogen and oxygen atoms in total. The second-order valence-corrected chi connectivity index (χ2v) is 15.9. The van der Waals surface area contributed by atoms with E-state index in [0.717, 1.165) is 66.8 Å². The summed E-state index contributed by atoms with van der Waals surface area (Å²) in [6.07, 6.45) is 18.3. The summed E-state index contributed by atoms with van der Waals surface area (Å²) >= 11 is 0. The molecule has 0 radical (unpaired) electrons. The van der Waals surface area contributed by atoms with Gasteiger partial charge in [-0.05, 0) is 147 Å². The summed E-state index contributed by atoms with van der Waals surface area (Å²) in [6, 6.07) is 5.68. The fraction of sp³-hybridized carbons (Fsp3) is 0.811. The minimum atomic E-state index is -0.0305. The maximum Gasteiger partial charge on any atom is 0.306 e. The first-order valence-electron chi connectivity index (χ1n) is 17.3. The third-order valence-electron chi connectivity index (χ3n) is 13.0. The second kappa shape index (κ2) is 12.5. The van der Waals surface area contributed by atoms with Crippen molar-refractivity contribution in [1.29, 1.82) is 0 Å². The van der Waals surface area contributed by atoms with E-state index in [1.54, 1.807) is 6.07 Å². The summed E-state index contributed by atoms with van der Waals surface area (Å²) in [4.78, 5) is 12.8. The predicted octanol–water partition coefficient (Wildman–Crippen LogP) is 9.21. The molecule has 0 saturated heterocycles. The number of hydrogen-bond acceptors (Lipinski definition) is 4. The monoisotopic (exact) mass is 564 g/mol. The number of aryl methyl sites for hydroxylation is 1. The molecule has 5 rings (SSSR count). The van der Waals surface area contributed by atoms with Gasteiger partial charge in [-0.2, -0.15) is 0 Å². The highest BCUT2D eigenvalue weighted by molar-refractivity contribution is 5.69. The number of carbonyl (C=O) groups excluding carboxylic acids is 1. The van der Waals surface area contributed by atoms with Crippen LogP contribution in [0.3, 0.4) is 0 Å². The van der Waals surface area contributed by atoms with E-state index < -0.39 is 0 Å². The Hall–Kier alpha value is -1.71. The van der Waals surface area contributed by atoms with Gasteiger partial charge in [0, 0.05) is 17.8 Å². The lowest BCUT2D eigenvalue weighted by Crippen LogP contribution is -2.54. The lowest BCUT2D eigenvalue weighted by molar-refractivity contribution is -0.162. The molecule has 4 N–H and O–H groups in total. The van der Waals surface area contributed by atoms with Crippen molar-refractivity contribution in [2.24, 2.45) is 52.3 Å².